The fourth-order valence-electron chi connectivity index (χ4n) is 0.906. The summed E-state index contributed by atoms with van der Waals surface area (Å²) >= 11 is 0. The lowest BCUT2D eigenvalue weighted by atomic mass is 10.2. The average Bonchev–Trinajstić information content (AvgIpc) is 1.60. The molecule has 0 aliphatic carbocycles. The molecule has 0 aromatic heterocycles. The van der Waals surface area contributed by atoms with Gasteiger partial charge in [0, 0.05) is 0 Å². The van der Waals surface area contributed by atoms with Gasteiger partial charge < -0.3 is 4.74 Å². The molecule has 1 fully saturated rings. The minimum absolute atomic E-state index is 0.0860. The summed E-state index contributed by atoms with van der Waals surface area (Å²) in [5.41, 5.74) is 0. The number of rotatable bonds is 0. The topological polar surface area (TPSA) is 43.4 Å². The van der Waals surface area contributed by atoms with Crippen LogP contribution in [0.5, 0.6) is 0 Å². The van der Waals surface area contributed by atoms with Crippen LogP contribution in [0, 0.1) is 5.92 Å². The molecule has 0 aromatic carbocycles. The van der Waals surface area contributed by atoms with Gasteiger partial charge in [-0.2, -0.15) is 0 Å². The van der Waals surface area contributed by atoms with Gasteiger partial charge in [-0.1, -0.05) is 6.92 Å². The molecule has 0 aromatic rings. The van der Waals surface area contributed by atoms with Gasteiger partial charge in [0.05, 0.1) is 12.4 Å². The van der Waals surface area contributed by atoms with Gasteiger partial charge in [0.2, 0.25) is 0 Å². The zero-order valence-electron chi connectivity index (χ0n) is 5.33. The first-order valence-electron chi connectivity index (χ1n) is 2.88. The van der Waals surface area contributed by atoms with Gasteiger partial charge in [0.15, 0.2) is 9.84 Å². The molecule has 1 unspecified atom stereocenters. The Labute approximate surface area is 54.9 Å². The lowest BCUT2D eigenvalue weighted by molar-refractivity contribution is 0.135. The highest BCUT2D eigenvalue weighted by Gasteiger charge is 2.21. The van der Waals surface area contributed by atoms with Crippen molar-refractivity contribution in [1.82, 2.24) is 0 Å². The number of ether oxygens (including phenoxy) is 1. The summed E-state index contributed by atoms with van der Waals surface area (Å²) in [6, 6.07) is 0. The van der Waals surface area contributed by atoms with E-state index in [1.165, 1.54) is 0 Å². The molecule has 4 heteroatoms. The van der Waals surface area contributed by atoms with Crippen molar-refractivity contribution in [1.29, 1.82) is 0 Å². The van der Waals surface area contributed by atoms with Crippen LogP contribution in [0.15, 0.2) is 0 Å². The summed E-state index contributed by atoms with van der Waals surface area (Å²) in [6.45, 7) is 2.45. The van der Waals surface area contributed by atoms with Gasteiger partial charge in [-0.3, -0.25) is 0 Å². The number of hydrogen-bond donors (Lipinski definition) is 0. The molecule has 0 saturated carbocycles. The molecule has 0 bridgehead atoms. The first-order valence-corrected chi connectivity index (χ1v) is 4.70. The summed E-state index contributed by atoms with van der Waals surface area (Å²) in [5, 5.41) is 0. The van der Waals surface area contributed by atoms with Crippen LogP contribution < -0.4 is 0 Å². The average molecular weight is 150 g/mol. The predicted molar refractivity (Wildman–Crippen MR) is 33.8 cm³/mol. The van der Waals surface area contributed by atoms with Crippen molar-refractivity contribution in [3.63, 3.8) is 0 Å². The molecule has 54 valence electrons. The first-order chi connectivity index (χ1) is 4.10. The van der Waals surface area contributed by atoms with Crippen LogP contribution in [0.4, 0.5) is 0 Å². The molecular formula is C5H10O3S. The third-order valence-corrected chi connectivity index (χ3v) is 2.81. The second-order valence-corrected chi connectivity index (χ2v) is 4.56. The first kappa shape index (κ1) is 7.02. The molecule has 1 aliphatic rings. The second kappa shape index (κ2) is 2.27. The van der Waals surface area contributed by atoms with Gasteiger partial charge in [-0.15, -0.1) is 0 Å². The van der Waals surface area contributed by atoms with Crippen molar-refractivity contribution < 1.29 is 13.2 Å². The Morgan fingerprint density at radius 2 is 2.22 bits per heavy atom. The Balaban J connectivity index is 2.62. The predicted octanol–water partition coefficient (Wildman–Crippen LogP) is 0.0250. The van der Waals surface area contributed by atoms with E-state index >= 15 is 0 Å². The summed E-state index contributed by atoms with van der Waals surface area (Å²) in [4.78, 5) is 0. The van der Waals surface area contributed by atoms with Crippen LogP contribution >= 0.6 is 0 Å². The SMILES string of the molecule is CC1COCS(=O)(=O)C1. The van der Waals surface area contributed by atoms with Gasteiger partial charge >= 0.3 is 0 Å². The standard InChI is InChI=1S/C5H10O3S/c1-5-2-8-4-9(6,7)3-5/h5H,2-4H2,1H3. The maximum atomic E-state index is 10.7. The Morgan fingerprint density at radius 3 is 2.56 bits per heavy atom. The summed E-state index contributed by atoms with van der Waals surface area (Å²) in [6.07, 6.45) is 0. The Hall–Kier alpha value is -0.0900. The minimum Gasteiger partial charge on any atom is -0.365 e. The van der Waals surface area contributed by atoms with E-state index < -0.39 is 9.84 Å². The number of sulfone groups is 1. The molecule has 0 radical (unpaired) electrons. The molecule has 0 amide bonds. The van der Waals surface area contributed by atoms with E-state index in [-0.39, 0.29) is 17.6 Å². The molecule has 1 heterocycles. The number of hydrogen-bond acceptors (Lipinski definition) is 3. The van der Waals surface area contributed by atoms with Crippen LogP contribution in [0.1, 0.15) is 6.92 Å². The Kier molecular flexibility index (Phi) is 1.77. The van der Waals surface area contributed by atoms with Crippen molar-refractivity contribution in [3.8, 4) is 0 Å². The van der Waals surface area contributed by atoms with Crippen molar-refractivity contribution in [2.24, 2.45) is 5.92 Å². The quantitative estimate of drug-likeness (QED) is 0.489. The lowest BCUT2D eigenvalue weighted by Crippen LogP contribution is -2.28. The highest BCUT2D eigenvalue weighted by atomic mass is 32.2. The smallest absolute Gasteiger partial charge is 0.174 e. The van der Waals surface area contributed by atoms with Gasteiger partial charge in [-0.25, -0.2) is 8.42 Å². The van der Waals surface area contributed by atoms with Crippen molar-refractivity contribution >= 4 is 9.84 Å². The Morgan fingerprint density at radius 1 is 1.56 bits per heavy atom. The molecule has 0 spiro atoms. The molecule has 1 rings (SSSR count). The minimum atomic E-state index is -2.85. The highest BCUT2D eigenvalue weighted by molar-refractivity contribution is 7.91. The molecule has 1 aliphatic heterocycles. The van der Waals surface area contributed by atoms with Crippen LogP contribution in [-0.4, -0.2) is 26.7 Å². The molecule has 0 N–H and O–H groups in total. The zero-order chi connectivity index (χ0) is 6.91. The molecule has 1 atom stereocenters. The van der Waals surface area contributed by atoms with Gasteiger partial charge in [0.1, 0.15) is 5.94 Å². The van der Waals surface area contributed by atoms with Gasteiger partial charge in [-0.05, 0) is 5.92 Å². The van der Waals surface area contributed by atoms with E-state index in [1.807, 2.05) is 6.92 Å². The monoisotopic (exact) mass is 150 g/mol. The highest BCUT2D eigenvalue weighted by Crippen LogP contribution is 2.09. The van der Waals surface area contributed by atoms with Crippen molar-refractivity contribution in [2.75, 3.05) is 18.3 Å². The fourth-order valence-corrected chi connectivity index (χ4v) is 2.32. The van der Waals surface area contributed by atoms with Gasteiger partial charge in [0.25, 0.3) is 0 Å². The van der Waals surface area contributed by atoms with E-state index in [0.29, 0.717) is 6.61 Å². The normalized spacial score (nSPS) is 34.1. The van der Waals surface area contributed by atoms with Crippen LogP contribution in [0.2, 0.25) is 0 Å². The Bertz CT molecular complexity index is 182. The van der Waals surface area contributed by atoms with Crippen LogP contribution in [-0.2, 0) is 14.6 Å². The molecular weight excluding hydrogens is 140 g/mol. The summed E-state index contributed by atoms with van der Waals surface area (Å²) < 4.78 is 26.3. The summed E-state index contributed by atoms with van der Waals surface area (Å²) in [5.74, 6) is 0.369. The third-order valence-electron chi connectivity index (χ3n) is 1.20. The van der Waals surface area contributed by atoms with E-state index in [1.54, 1.807) is 0 Å². The third kappa shape index (κ3) is 1.95. The van der Waals surface area contributed by atoms with Crippen molar-refractivity contribution in [3.05, 3.63) is 0 Å². The molecule has 3 nitrogen and oxygen atoms in total. The van der Waals surface area contributed by atoms with E-state index in [0.717, 1.165) is 0 Å². The van der Waals surface area contributed by atoms with E-state index in [9.17, 15) is 8.42 Å². The van der Waals surface area contributed by atoms with E-state index in [2.05, 4.69) is 0 Å². The van der Waals surface area contributed by atoms with Crippen LogP contribution in [0.3, 0.4) is 0 Å². The maximum Gasteiger partial charge on any atom is 0.174 e. The molecule has 9 heavy (non-hydrogen) atoms. The lowest BCUT2D eigenvalue weighted by Gasteiger charge is -2.17. The van der Waals surface area contributed by atoms with E-state index in [4.69, 9.17) is 4.74 Å². The van der Waals surface area contributed by atoms with Crippen LogP contribution in [0.25, 0.3) is 0 Å². The fraction of sp³-hybridized carbons (Fsp3) is 1.00. The maximum absolute atomic E-state index is 10.7. The largest absolute Gasteiger partial charge is 0.365 e. The second-order valence-electron chi connectivity index (χ2n) is 2.50. The summed E-state index contributed by atoms with van der Waals surface area (Å²) in [7, 11) is -2.85. The zero-order valence-corrected chi connectivity index (χ0v) is 6.15. The van der Waals surface area contributed by atoms with Crippen molar-refractivity contribution in [2.45, 2.75) is 6.92 Å². The molecule has 1 saturated heterocycles.